The zero-order valence-electron chi connectivity index (χ0n) is 17.9. The molecule has 0 spiro atoms. The van der Waals surface area contributed by atoms with Gasteiger partial charge in [0, 0.05) is 31.4 Å². The van der Waals surface area contributed by atoms with Crippen LogP contribution in [0.2, 0.25) is 0 Å². The molecule has 0 aliphatic carbocycles. The van der Waals surface area contributed by atoms with E-state index in [0.29, 0.717) is 35.3 Å². The lowest BCUT2D eigenvalue weighted by atomic mass is 9.92. The van der Waals surface area contributed by atoms with Crippen LogP contribution in [0.4, 0.5) is 27.4 Å². The largest absolute Gasteiger partial charge is 0.352 e. The SMILES string of the molecule is CN1CCc2cccc(Nc3cc(Nc4n[nH]cc4C4CCNCC4)ncc3F)c2C1=O. The molecule has 2 aromatic heterocycles. The normalized spacial score (nSPS) is 16.7. The number of rotatable bonds is 5. The Bertz CT molecular complexity index is 1140. The van der Waals surface area contributed by atoms with Gasteiger partial charge in [-0.1, -0.05) is 12.1 Å². The number of halogens is 1. The number of hydrogen-bond donors (Lipinski definition) is 4. The summed E-state index contributed by atoms with van der Waals surface area (Å²) in [7, 11) is 1.78. The molecule has 4 N–H and O–H groups in total. The minimum Gasteiger partial charge on any atom is -0.352 e. The molecule has 0 bridgehead atoms. The van der Waals surface area contributed by atoms with Gasteiger partial charge in [0.1, 0.15) is 5.82 Å². The number of nitrogens with zero attached hydrogens (tertiary/aromatic N) is 3. The van der Waals surface area contributed by atoms with Crippen molar-refractivity contribution < 1.29 is 9.18 Å². The summed E-state index contributed by atoms with van der Waals surface area (Å²) < 4.78 is 14.6. The molecule has 0 atom stereocenters. The highest BCUT2D eigenvalue weighted by atomic mass is 19.1. The Balaban J connectivity index is 1.41. The van der Waals surface area contributed by atoms with Crippen molar-refractivity contribution in [2.75, 3.05) is 37.3 Å². The van der Waals surface area contributed by atoms with Gasteiger partial charge < -0.3 is 20.9 Å². The minimum absolute atomic E-state index is 0.0645. The Labute approximate surface area is 185 Å². The molecule has 3 aromatic rings. The van der Waals surface area contributed by atoms with E-state index in [9.17, 15) is 9.18 Å². The number of aromatic nitrogens is 3. The van der Waals surface area contributed by atoms with Crippen LogP contribution in [0.25, 0.3) is 0 Å². The standard InChI is InChI=1S/C23H26FN7O/c1-31-10-7-15-3-2-4-18(21(15)23(31)32)28-19-11-20(26-13-17(19)24)29-22-16(12-27-30-22)14-5-8-25-9-6-14/h2-4,11-14,25H,5-10H2,1H3,(H3,26,27,28,29,30). The number of carbonyl (C=O) groups is 1. The molecule has 9 heteroatoms. The third-order valence-corrected chi connectivity index (χ3v) is 6.25. The first-order chi connectivity index (χ1) is 15.6. The average Bonchev–Trinajstić information content (AvgIpc) is 3.27. The first-order valence-corrected chi connectivity index (χ1v) is 10.9. The Morgan fingerprint density at radius 3 is 2.88 bits per heavy atom. The molecule has 1 fully saturated rings. The fourth-order valence-corrected chi connectivity index (χ4v) is 4.46. The number of piperidine rings is 1. The van der Waals surface area contributed by atoms with Crippen molar-refractivity contribution in [2.45, 2.75) is 25.2 Å². The second-order valence-electron chi connectivity index (χ2n) is 8.33. The molecule has 4 heterocycles. The first-order valence-electron chi connectivity index (χ1n) is 10.9. The number of anilines is 4. The summed E-state index contributed by atoms with van der Waals surface area (Å²) in [5.74, 6) is 1.03. The number of carbonyl (C=O) groups excluding carboxylic acids is 1. The van der Waals surface area contributed by atoms with Gasteiger partial charge >= 0.3 is 0 Å². The second kappa shape index (κ2) is 8.58. The van der Waals surface area contributed by atoms with Gasteiger partial charge in [-0.2, -0.15) is 5.10 Å². The van der Waals surface area contributed by atoms with Crippen LogP contribution in [-0.2, 0) is 6.42 Å². The molecular weight excluding hydrogens is 409 g/mol. The van der Waals surface area contributed by atoms with Crippen molar-refractivity contribution in [3.05, 3.63) is 59.2 Å². The number of likely N-dealkylation sites (N-methyl/N-ethyl adjacent to an activating group) is 1. The van der Waals surface area contributed by atoms with Gasteiger partial charge in [0.15, 0.2) is 11.6 Å². The fraction of sp³-hybridized carbons (Fsp3) is 0.348. The Kier molecular flexibility index (Phi) is 5.48. The lowest BCUT2D eigenvalue weighted by Gasteiger charge is -2.27. The minimum atomic E-state index is -0.495. The van der Waals surface area contributed by atoms with Gasteiger partial charge in [-0.25, -0.2) is 9.37 Å². The maximum atomic E-state index is 14.6. The molecular formula is C23H26FN7O. The highest BCUT2D eigenvalue weighted by Gasteiger charge is 2.25. The molecule has 2 aliphatic rings. The van der Waals surface area contributed by atoms with E-state index in [1.807, 2.05) is 18.3 Å². The summed E-state index contributed by atoms with van der Waals surface area (Å²) in [6, 6.07) is 7.23. The van der Waals surface area contributed by atoms with E-state index in [-0.39, 0.29) is 11.6 Å². The van der Waals surface area contributed by atoms with Crippen LogP contribution in [0, 0.1) is 5.82 Å². The molecule has 0 radical (unpaired) electrons. The molecule has 5 rings (SSSR count). The van der Waals surface area contributed by atoms with E-state index in [1.165, 1.54) is 6.20 Å². The van der Waals surface area contributed by atoms with E-state index in [0.717, 1.165) is 43.5 Å². The van der Waals surface area contributed by atoms with Gasteiger partial charge in [-0.3, -0.25) is 9.89 Å². The quantitative estimate of drug-likeness (QED) is 0.490. The van der Waals surface area contributed by atoms with Crippen molar-refractivity contribution in [2.24, 2.45) is 0 Å². The van der Waals surface area contributed by atoms with Gasteiger partial charge in [0.25, 0.3) is 5.91 Å². The van der Waals surface area contributed by atoms with Crippen molar-refractivity contribution in [1.82, 2.24) is 25.4 Å². The second-order valence-corrected chi connectivity index (χ2v) is 8.33. The summed E-state index contributed by atoms with van der Waals surface area (Å²) in [6.45, 7) is 2.64. The monoisotopic (exact) mass is 435 g/mol. The number of pyridine rings is 1. The van der Waals surface area contributed by atoms with E-state index in [1.54, 1.807) is 24.1 Å². The summed E-state index contributed by atoms with van der Waals surface area (Å²) in [5.41, 5.74) is 3.50. The Morgan fingerprint density at radius 1 is 1.19 bits per heavy atom. The highest BCUT2D eigenvalue weighted by Crippen LogP contribution is 2.33. The van der Waals surface area contributed by atoms with E-state index >= 15 is 0 Å². The van der Waals surface area contributed by atoms with E-state index in [4.69, 9.17) is 0 Å². The molecule has 1 saturated heterocycles. The van der Waals surface area contributed by atoms with E-state index in [2.05, 4.69) is 31.1 Å². The maximum Gasteiger partial charge on any atom is 0.255 e. The average molecular weight is 436 g/mol. The van der Waals surface area contributed by atoms with Gasteiger partial charge in [-0.05, 0) is 49.9 Å². The summed E-state index contributed by atoms with van der Waals surface area (Å²) >= 11 is 0. The summed E-state index contributed by atoms with van der Waals surface area (Å²) in [6.07, 6.45) is 5.94. The Morgan fingerprint density at radius 2 is 2.03 bits per heavy atom. The number of fused-ring (bicyclic) bond motifs is 1. The van der Waals surface area contributed by atoms with Crippen molar-refractivity contribution >= 4 is 28.9 Å². The van der Waals surface area contributed by atoms with Crippen LogP contribution in [0.3, 0.4) is 0 Å². The van der Waals surface area contributed by atoms with Crippen LogP contribution in [0.1, 0.15) is 40.2 Å². The van der Waals surface area contributed by atoms with Gasteiger partial charge in [-0.15, -0.1) is 0 Å². The van der Waals surface area contributed by atoms with Crippen LogP contribution < -0.4 is 16.0 Å². The predicted molar refractivity (Wildman–Crippen MR) is 121 cm³/mol. The number of amides is 1. The summed E-state index contributed by atoms with van der Waals surface area (Å²) in [5, 5.41) is 17.0. The fourth-order valence-electron chi connectivity index (χ4n) is 4.46. The third-order valence-electron chi connectivity index (χ3n) is 6.25. The van der Waals surface area contributed by atoms with Crippen LogP contribution in [0.5, 0.6) is 0 Å². The van der Waals surface area contributed by atoms with Crippen molar-refractivity contribution in [3.63, 3.8) is 0 Å². The molecule has 0 unspecified atom stereocenters. The molecule has 8 nitrogen and oxygen atoms in total. The number of aromatic amines is 1. The van der Waals surface area contributed by atoms with Crippen LogP contribution >= 0.6 is 0 Å². The number of H-pyrrole nitrogens is 1. The molecule has 0 saturated carbocycles. The zero-order valence-corrected chi connectivity index (χ0v) is 17.9. The first kappa shape index (κ1) is 20.4. The zero-order chi connectivity index (χ0) is 22.1. The molecule has 1 amide bonds. The maximum absolute atomic E-state index is 14.6. The number of hydrogen-bond acceptors (Lipinski definition) is 6. The van der Waals surface area contributed by atoms with Crippen LogP contribution in [0.15, 0.2) is 36.7 Å². The van der Waals surface area contributed by atoms with Crippen molar-refractivity contribution in [1.29, 1.82) is 0 Å². The molecule has 32 heavy (non-hydrogen) atoms. The third kappa shape index (κ3) is 3.91. The highest BCUT2D eigenvalue weighted by molar-refractivity contribution is 6.02. The summed E-state index contributed by atoms with van der Waals surface area (Å²) in [4.78, 5) is 18.6. The Hall–Kier alpha value is -3.46. The predicted octanol–water partition coefficient (Wildman–Crippen LogP) is 3.53. The molecule has 1 aromatic carbocycles. The van der Waals surface area contributed by atoms with Crippen molar-refractivity contribution in [3.8, 4) is 0 Å². The molecule has 166 valence electrons. The lowest BCUT2D eigenvalue weighted by molar-refractivity contribution is 0.0782. The topological polar surface area (TPSA) is 98.0 Å². The van der Waals surface area contributed by atoms with Crippen LogP contribution in [-0.4, -0.2) is 52.7 Å². The number of nitrogens with one attached hydrogen (secondary N) is 4. The van der Waals surface area contributed by atoms with Gasteiger partial charge in [0.05, 0.1) is 23.1 Å². The smallest absolute Gasteiger partial charge is 0.255 e. The molecule has 2 aliphatic heterocycles. The lowest BCUT2D eigenvalue weighted by Crippen LogP contribution is -2.34. The van der Waals surface area contributed by atoms with E-state index < -0.39 is 5.82 Å². The van der Waals surface area contributed by atoms with Gasteiger partial charge in [0.2, 0.25) is 0 Å². The number of benzene rings is 1.